The summed E-state index contributed by atoms with van der Waals surface area (Å²) >= 11 is 1.70. The Balaban J connectivity index is 1.20. The van der Waals surface area contributed by atoms with Gasteiger partial charge in [0.15, 0.2) is 11.5 Å². The molecule has 0 unspecified atom stereocenters. The molecule has 0 saturated heterocycles. The molecule has 1 aliphatic rings. The normalized spacial score (nSPS) is 15.8. The molecular weight excluding hydrogens is 348 g/mol. The van der Waals surface area contributed by atoms with Crippen LogP contribution in [-0.2, 0) is 11.2 Å². The fourth-order valence-electron chi connectivity index (χ4n) is 2.91. The number of hydrogen-bond donors (Lipinski definition) is 1. The summed E-state index contributed by atoms with van der Waals surface area (Å²) < 4.78 is 12.7. The van der Waals surface area contributed by atoms with Gasteiger partial charge in [-0.3, -0.25) is 4.79 Å². The fraction of sp³-hybridized carbons (Fsp3) is 0.300. The third kappa shape index (κ3) is 3.96. The number of carbonyl (C=O) groups excluding carboxylic acids is 1. The van der Waals surface area contributed by atoms with Gasteiger partial charge < -0.3 is 14.8 Å². The molecular formula is C20H20N2O3S. The quantitative estimate of drug-likeness (QED) is 0.722. The largest absolute Gasteiger partial charge is 0.486 e. The highest BCUT2D eigenvalue weighted by Crippen LogP contribution is 2.30. The van der Waals surface area contributed by atoms with Gasteiger partial charge in [0, 0.05) is 6.42 Å². The highest BCUT2D eigenvalue weighted by molar-refractivity contribution is 7.18. The average Bonchev–Trinajstić information content (AvgIpc) is 3.09. The molecule has 1 aromatic heterocycles. The highest BCUT2D eigenvalue weighted by atomic mass is 32.1. The van der Waals surface area contributed by atoms with E-state index in [1.807, 2.05) is 42.5 Å². The molecule has 0 bridgehead atoms. The average molecular weight is 368 g/mol. The molecule has 1 aliphatic heterocycles. The van der Waals surface area contributed by atoms with E-state index in [0.29, 0.717) is 19.6 Å². The molecule has 1 atom stereocenters. The molecule has 4 rings (SSSR count). The summed E-state index contributed by atoms with van der Waals surface area (Å²) in [4.78, 5) is 16.7. The first kappa shape index (κ1) is 16.8. The van der Waals surface area contributed by atoms with Gasteiger partial charge in [0.2, 0.25) is 5.91 Å². The lowest BCUT2D eigenvalue weighted by Crippen LogP contribution is -2.40. The summed E-state index contributed by atoms with van der Waals surface area (Å²) in [6, 6.07) is 15.7. The van der Waals surface area contributed by atoms with Gasteiger partial charge in [-0.25, -0.2) is 4.98 Å². The number of amides is 1. The van der Waals surface area contributed by atoms with E-state index in [4.69, 9.17) is 9.47 Å². The second kappa shape index (κ2) is 7.74. The number of para-hydroxylation sites is 3. The van der Waals surface area contributed by atoms with Crippen LogP contribution in [-0.4, -0.2) is 30.1 Å². The van der Waals surface area contributed by atoms with Gasteiger partial charge in [-0.1, -0.05) is 24.3 Å². The van der Waals surface area contributed by atoms with E-state index < -0.39 is 0 Å². The minimum absolute atomic E-state index is 0.0357. The number of hydrogen-bond acceptors (Lipinski definition) is 5. The van der Waals surface area contributed by atoms with Crippen molar-refractivity contribution in [2.45, 2.75) is 25.4 Å². The van der Waals surface area contributed by atoms with Crippen molar-refractivity contribution in [3.63, 3.8) is 0 Å². The van der Waals surface area contributed by atoms with Gasteiger partial charge in [-0.05, 0) is 37.1 Å². The summed E-state index contributed by atoms with van der Waals surface area (Å²) in [6.07, 6.45) is 1.94. The van der Waals surface area contributed by atoms with Gasteiger partial charge in [-0.15, -0.1) is 11.3 Å². The number of rotatable bonds is 6. The Bertz CT molecular complexity index is 876. The number of aryl methyl sites for hydroxylation is 1. The molecule has 2 heterocycles. The number of ether oxygens (including phenoxy) is 2. The van der Waals surface area contributed by atoms with Crippen molar-refractivity contribution in [2.24, 2.45) is 0 Å². The van der Waals surface area contributed by atoms with Crippen molar-refractivity contribution in [3.05, 3.63) is 53.5 Å². The predicted molar refractivity (Wildman–Crippen MR) is 102 cm³/mol. The van der Waals surface area contributed by atoms with Gasteiger partial charge in [0.1, 0.15) is 12.7 Å². The highest BCUT2D eigenvalue weighted by Gasteiger charge is 2.20. The molecule has 1 amide bonds. The Morgan fingerprint density at radius 2 is 1.96 bits per heavy atom. The number of aromatic nitrogens is 1. The van der Waals surface area contributed by atoms with Crippen molar-refractivity contribution < 1.29 is 14.3 Å². The molecule has 0 radical (unpaired) electrons. The number of benzene rings is 2. The van der Waals surface area contributed by atoms with Crippen LogP contribution in [0.2, 0.25) is 0 Å². The third-order valence-corrected chi connectivity index (χ3v) is 5.32. The van der Waals surface area contributed by atoms with Crippen LogP contribution in [0.15, 0.2) is 48.5 Å². The van der Waals surface area contributed by atoms with Crippen LogP contribution >= 0.6 is 11.3 Å². The molecule has 3 aromatic rings. The lowest BCUT2D eigenvalue weighted by molar-refractivity contribution is -0.121. The molecule has 0 saturated carbocycles. The topological polar surface area (TPSA) is 60.5 Å². The van der Waals surface area contributed by atoms with Crippen molar-refractivity contribution in [1.82, 2.24) is 10.3 Å². The van der Waals surface area contributed by atoms with Crippen molar-refractivity contribution in [1.29, 1.82) is 0 Å². The van der Waals surface area contributed by atoms with Crippen LogP contribution in [0.1, 0.15) is 17.8 Å². The standard InChI is InChI=1S/C20H20N2O3S/c23-19(10-5-11-20-22-15-6-1-4-9-18(15)26-20)21-12-14-13-24-16-7-2-3-8-17(16)25-14/h1-4,6-9,14H,5,10-13H2,(H,21,23)/t14-/m1/s1. The Hall–Kier alpha value is -2.60. The van der Waals surface area contributed by atoms with E-state index >= 15 is 0 Å². The summed E-state index contributed by atoms with van der Waals surface area (Å²) in [6.45, 7) is 0.900. The lowest BCUT2D eigenvalue weighted by atomic mass is 10.2. The molecule has 0 aliphatic carbocycles. The maximum absolute atomic E-state index is 12.1. The van der Waals surface area contributed by atoms with Crippen LogP contribution in [0, 0.1) is 0 Å². The molecule has 5 nitrogen and oxygen atoms in total. The van der Waals surface area contributed by atoms with E-state index in [1.54, 1.807) is 11.3 Å². The summed E-state index contributed by atoms with van der Waals surface area (Å²) in [5.74, 6) is 1.52. The molecule has 6 heteroatoms. The monoisotopic (exact) mass is 368 g/mol. The van der Waals surface area contributed by atoms with E-state index in [-0.39, 0.29) is 12.0 Å². The summed E-state index contributed by atoms with van der Waals surface area (Å²) in [5.41, 5.74) is 1.03. The second-order valence-electron chi connectivity index (χ2n) is 6.23. The predicted octanol–water partition coefficient (Wildman–Crippen LogP) is 3.58. The van der Waals surface area contributed by atoms with Crippen LogP contribution in [0.3, 0.4) is 0 Å². The van der Waals surface area contributed by atoms with Crippen LogP contribution in [0.5, 0.6) is 11.5 Å². The van der Waals surface area contributed by atoms with Crippen molar-refractivity contribution >= 4 is 27.5 Å². The number of fused-ring (bicyclic) bond motifs is 2. The Labute approximate surface area is 156 Å². The minimum Gasteiger partial charge on any atom is -0.486 e. The zero-order chi connectivity index (χ0) is 17.8. The lowest BCUT2D eigenvalue weighted by Gasteiger charge is -2.26. The Kier molecular flexibility index (Phi) is 5.02. The molecule has 134 valence electrons. The van der Waals surface area contributed by atoms with Gasteiger partial charge >= 0.3 is 0 Å². The number of thiazole rings is 1. The van der Waals surface area contributed by atoms with Gasteiger partial charge in [0.05, 0.1) is 21.8 Å². The van der Waals surface area contributed by atoms with E-state index in [9.17, 15) is 4.79 Å². The zero-order valence-electron chi connectivity index (χ0n) is 14.3. The molecule has 0 spiro atoms. The Morgan fingerprint density at radius 1 is 1.15 bits per heavy atom. The fourth-order valence-corrected chi connectivity index (χ4v) is 3.92. The number of nitrogens with zero attached hydrogens (tertiary/aromatic N) is 1. The number of nitrogens with one attached hydrogen (secondary N) is 1. The van der Waals surface area contributed by atoms with E-state index in [1.165, 1.54) is 4.70 Å². The minimum atomic E-state index is -0.155. The molecule has 26 heavy (non-hydrogen) atoms. The van der Waals surface area contributed by atoms with Crippen molar-refractivity contribution in [3.8, 4) is 11.5 Å². The van der Waals surface area contributed by atoms with E-state index in [0.717, 1.165) is 34.9 Å². The first-order valence-corrected chi connectivity index (χ1v) is 9.59. The smallest absolute Gasteiger partial charge is 0.220 e. The SMILES string of the molecule is O=C(CCCc1nc2ccccc2s1)NC[C@@H]1COc2ccccc2O1. The summed E-state index contributed by atoms with van der Waals surface area (Å²) in [5, 5.41) is 4.02. The molecule has 0 fully saturated rings. The first-order valence-electron chi connectivity index (χ1n) is 8.77. The van der Waals surface area contributed by atoms with Crippen LogP contribution in [0.25, 0.3) is 10.2 Å². The molecule has 2 aromatic carbocycles. The second-order valence-corrected chi connectivity index (χ2v) is 7.35. The van der Waals surface area contributed by atoms with Crippen molar-refractivity contribution in [2.75, 3.05) is 13.2 Å². The maximum atomic E-state index is 12.1. The first-order chi connectivity index (χ1) is 12.8. The number of carbonyl (C=O) groups is 1. The Morgan fingerprint density at radius 3 is 2.85 bits per heavy atom. The third-order valence-electron chi connectivity index (χ3n) is 4.23. The van der Waals surface area contributed by atoms with Crippen LogP contribution in [0.4, 0.5) is 0 Å². The summed E-state index contributed by atoms with van der Waals surface area (Å²) in [7, 11) is 0. The molecule has 1 N–H and O–H groups in total. The van der Waals surface area contributed by atoms with Crippen LogP contribution < -0.4 is 14.8 Å². The van der Waals surface area contributed by atoms with Gasteiger partial charge in [-0.2, -0.15) is 0 Å². The zero-order valence-corrected chi connectivity index (χ0v) is 15.1. The van der Waals surface area contributed by atoms with E-state index in [2.05, 4.69) is 16.4 Å². The van der Waals surface area contributed by atoms with Gasteiger partial charge in [0.25, 0.3) is 0 Å². The maximum Gasteiger partial charge on any atom is 0.220 e.